The minimum Gasteiger partial charge on any atom is -0.334 e. The van der Waals surface area contributed by atoms with Gasteiger partial charge in [-0.3, -0.25) is 0 Å². The largest absolute Gasteiger partial charge is 0.334 e. The normalized spacial score (nSPS) is 10.1. The summed E-state index contributed by atoms with van der Waals surface area (Å²) in [5.74, 6) is 1.00. The summed E-state index contributed by atoms with van der Waals surface area (Å²) in [5.41, 5.74) is 0.913. The van der Waals surface area contributed by atoms with Crippen molar-refractivity contribution in [1.82, 2.24) is 10.1 Å². The summed E-state index contributed by atoms with van der Waals surface area (Å²) in [6.45, 7) is 3.55. The van der Waals surface area contributed by atoms with E-state index in [1.807, 2.05) is 24.3 Å². The number of halogens is 1. The van der Waals surface area contributed by atoms with Crippen molar-refractivity contribution in [2.45, 2.75) is 0 Å². The molecule has 0 saturated heterocycles. The highest BCUT2D eigenvalue weighted by molar-refractivity contribution is 9.10. The van der Waals surface area contributed by atoms with Gasteiger partial charge < -0.3 is 4.52 Å². The lowest BCUT2D eigenvalue weighted by Gasteiger charge is -1.93. The molecule has 0 atom stereocenters. The predicted molar refractivity (Wildman–Crippen MR) is 57.5 cm³/mol. The van der Waals surface area contributed by atoms with Gasteiger partial charge in [-0.2, -0.15) is 4.98 Å². The van der Waals surface area contributed by atoms with Crippen LogP contribution in [0.2, 0.25) is 0 Å². The number of hydrogen-bond donors (Lipinski definition) is 0. The quantitative estimate of drug-likeness (QED) is 0.822. The average molecular weight is 251 g/mol. The van der Waals surface area contributed by atoms with Gasteiger partial charge in [0.1, 0.15) is 0 Å². The van der Waals surface area contributed by atoms with Crippen molar-refractivity contribution >= 4 is 22.0 Å². The van der Waals surface area contributed by atoms with Crippen molar-refractivity contribution in [2.24, 2.45) is 0 Å². The molecular formula is C10H7BrN2O. The fraction of sp³-hybridized carbons (Fsp3) is 0. The van der Waals surface area contributed by atoms with Crippen molar-refractivity contribution in [3.05, 3.63) is 41.2 Å². The number of hydrogen-bond acceptors (Lipinski definition) is 3. The highest BCUT2D eigenvalue weighted by atomic mass is 79.9. The van der Waals surface area contributed by atoms with Crippen LogP contribution < -0.4 is 0 Å². The van der Waals surface area contributed by atoms with Crippen molar-refractivity contribution in [3.8, 4) is 11.4 Å². The van der Waals surface area contributed by atoms with Crippen LogP contribution in [0.4, 0.5) is 0 Å². The van der Waals surface area contributed by atoms with Crippen LogP contribution in [0.5, 0.6) is 0 Å². The Bertz CT molecular complexity index is 465. The van der Waals surface area contributed by atoms with Crippen LogP contribution >= 0.6 is 15.9 Å². The first-order valence-electron chi connectivity index (χ1n) is 4.01. The van der Waals surface area contributed by atoms with Gasteiger partial charge >= 0.3 is 0 Å². The summed E-state index contributed by atoms with van der Waals surface area (Å²) in [6, 6.07) is 7.71. The first kappa shape index (κ1) is 9.15. The number of nitrogens with zero attached hydrogens (tertiary/aromatic N) is 2. The fourth-order valence-corrected chi connectivity index (χ4v) is 1.46. The second-order valence-electron chi connectivity index (χ2n) is 2.67. The fourth-order valence-electron chi connectivity index (χ4n) is 1.06. The van der Waals surface area contributed by atoms with Crippen molar-refractivity contribution in [2.75, 3.05) is 0 Å². The monoisotopic (exact) mass is 250 g/mol. The van der Waals surface area contributed by atoms with Gasteiger partial charge in [0.2, 0.25) is 11.7 Å². The third kappa shape index (κ3) is 1.75. The Kier molecular flexibility index (Phi) is 2.45. The second-order valence-corrected chi connectivity index (χ2v) is 3.59. The Balaban J connectivity index is 2.43. The van der Waals surface area contributed by atoms with Gasteiger partial charge in [-0.05, 0) is 18.2 Å². The zero-order valence-electron chi connectivity index (χ0n) is 7.27. The Hall–Kier alpha value is -1.42. The molecule has 0 radical (unpaired) electrons. The zero-order chi connectivity index (χ0) is 9.97. The molecule has 0 unspecified atom stereocenters. The molecule has 0 amide bonds. The van der Waals surface area contributed by atoms with Gasteiger partial charge in [0.15, 0.2) is 0 Å². The second kappa shape index (κ2) is 3.75. The summed E-state index contributed by atoms with van der Waals surface area (Å²) in [6.07, 6.45) is 1.52. The molecule has 0 aliphatic carbocycles. The molecule has 0 fully saturated rings. The van der Waals surface area contributed by atoms with Gasteiger partial charge in [0, 0.05) is 10.0 Å². The molecule has 0 saturated carbocycles. The number of aromatic nitrogens is 2. The van der Waals surface area contributed by atoms with Crippen LogP contribution in [-0.4, -0.2) is 10.1 Å². The Morgan fingerprint density at radius 1 is 1.43 bits per heavy atom. The van der Waals surface area contributed by atoms with Gasteiger partial charge in [0.05, 0.1) is 0 Å². The van der Waals surface area contributed by atoms with Crippen LogP contribution in [-0.2, 0) is 0 Å². The Morgan fingerprint density at radius 3 is 2.93 bits per heavy atom. The third-order valence-corrected chi connectivity index (χ3v) is 2.19. The summed E-state index contributed by atoms with van der Waals surface area (Å²) in [7, 11) is 0. The van der Waals surface area contributed by atoms with Crippen molar-refractivity contribution in [1.29, 1.82) is 0 Å². The smallest absolute Gasteiger partial charge is 0.250 e. The lowest BCUT2D eigenvalue weighted by atomic mass is 10.2. The van der Waals surface area contributed by atoms with Gasteiger partial charge in [-0.15, -0.1) is 0 Å². The van der Waals surface area contributed by atoms with Crippen LogP contribution in [0.15, 0.2) is 39.8 Å². The summed E-state index contributed by atoms with van der Waals surface area (Å²) in [4.78, 5) is 4.12. The third-order valence-electron chi connectivity index (χ3n) is 1.70. The topological polar surface area (TPSA) is 38.9 Å². The molecule has 0 spiro atoms. The van der Waals surface area contributed by atoms with Crippen molar-refractivity contribution in [3.63, 3.8) is 0 Å². The van der Waals surface area contributed by atoms with E-state index >= 15 is 0 Å². The van der Waals surface area contributed by atoms with Crippen LogP contribution in [0.25, 0.3) is 17.5 Å². The minimum atomic E-state index is 0.431. The summed E-state index contributed by atoms with van der Waals surface area (Å²) in [5, 5.41) is 3.82. The SMILES string of the molecule is C=Cc1nc(-c2cccc(Br)c2)no1. The molecule has 2 aromatic rings. The molecule has 1 aromatic carbocycles. The molecule has 14 heavy (non-hydrogen) atoms. The van der Waals surface area contributed by atoms with E-state index in [4.69, 9.17) is 4.52 Å². The van der Waals surface area contributed by atoms with E-state index in [2.05, 4.69) is 32.6 Å². The summed E-state index contributed by atoms with van der Waals surface area (Å²) >= 11 is 3.38. The predicted octanol–water partition coefficient (Wildman–Crippen LogP) is 3.14. The molecule has 4 heteroatoms. The minimum absolute atomic E-state index is 0.431. The zero-order valence-corrected chi connectivity index (χ0v) is 8.86. The Labute approximate surface area is 89.6 Å². The molecular weight excluding hydrogens is 244 g/mol. The molecule has 2 rings (SSSR count). The van der Waals surface area contributed by atoms with Crippen LogP contribution in [0.3, 0.4) is 0 Å². The molecule has 1 aromatic heterocycles. The van der Waals surface area contributed by atoms with Gasteiger partial charge in [-0.25, -0.2) is 0 Å². The molecule has 0 aliphatic rings. The first-order valence-corrected chi connectivity index (χ1v) is 4.81. The summed E-state index contributed by atoms with van der Waals surface area (Å²) < 4.78 is 5.90. The molecule has 70 valence electrons. The van der Waals surface area contributed by atoms with Crippen molar-refractivity contribution < 1.29 is 4.52 Å². The standard InChI is InChI=1S/C10H7BrN2O/c1-2-9-12-10(13-14-9)7-4-3-5-8(11)6-7/h2-6H,1H2. The maximum absolute atomic E-state index is 4.91. The van der Waals surface area contributed by atoms with Gasteiger partial charge in [-0.1, -0.05) is 39.8 Å². The van der Waals surface area contributed by atoms with E-state index in [-0.39, 0.29) is 0 Å². The highest BCUT2D eigenvalue weighted by Gasteiger charge is 2.05. The lowest BCUT2D eigenvalue weighted by Crippen LogP contribution is -1.79. The van der Waals surface area contributed by atoms with Crippen LogP contribution in [0, 0.1) is 0 Å². The molecule has 1 heterocycles. The van der Waals surface area contributed by atoms with E-state index < -0.39 is 0 Å². The van der Waals surface area contributed by atoms with E-state index in [9.17, 15) is 0 Å². The van der Waals surface area contributed by atoms with E-state index in [1.54, 1.807) is 0 Å². The maximum Gasteiger partial charge on any atom is 0.250 e. The first-order chi connectivity index (χ1) is 6.79. The lowest BCUT2D eigenvalue weighted by molar-refractivity contribution is 0.411. The van der Waals surface area contributed by atoms with E-state index in [1.165, 1.54) is 6.08 Å². The molecule has 0 N–H and O–H groups in total. The van der Waals surface area contributed by atoms with E-state index in [0.29, 0.717) is 11.7 Å². The molecule has 0 aliphatic heterocycles. The van der Waals surface area contributed by atoms with Crippen LogP contribution in [0.1, 0.15) is 5.89 Å². The number of benzene rings is 1. The van der Waals surface area contributed by atoms with Gasteiger partial charge in [0.25, 0.3) is 0 Å². The Morgan fingerprint density at radius 2 is 2.29 bits per heavy atom. The molecule has 3 nitrogen and oxygen atoms in total. The maximum atomic E-state index is 4.91. The highest BCUT2D eigenvalue weighted by Crippen LogP contribution is 2.20. The molecule has 0 bridgehead atoms. The number of rotatable bonds is 2. The average Bonchev–Trinajstić information content (AvgIpc) is 2.66. The van der Waals surface area contributed by atoms with E-state index in [0.717, 1.165) is 10.0 Å².